The van der Waals surface area contributed by atoms with Crippen LogP contribution in [0.3, 0.4) is 0 Å². The molecule has 0 spiro atoms. The largest absolute Gasteiger partial charge is 0.279 e. The molecule has 108 valence electrons. The fourth-order valence-corrected chi connectivity index (χ4v) is 2.77. The topological polar surface area (TPSA) is 30.7 Å². The Bertz CT molecular complexity index is 824. The maximum absolute atomic E-state index is 6.32. The first-order chi connectivity index (χ1) is 9.97. The molecule has 1 atom stereocenters. The van der Waals surface area contributed by atoms with Crippen LogP contribution < -0.4 is 0 Å². The van der Waals surface area contributed by atoms with Crippen LogP contribution >= 0.6 is 27.5 Å². The van der Waals surface area contributed by atoms with Crippen molar-refractivity contribution >= 4 is 38.7 Å². The number of alkyl halides is 1. The highest BCUT2D eigenvalue weighted by Gasteiger charge is 2.17. The lowest BCUT2D eigenvalue weighted by atomic mass is 10.2. The lowest BCUT2D eigenvalue weighted by Crippen LogP contribution is -2.03. The average Bonchev–Trinajstić information content (AvgIpc) is 2.80. The molecule has 3 rings (SSSR count). The number of benzene rings is 1. The molecule has 0 radical (unpaired) electrons. The molecule has 0 aliphatic heterocycles. The zero-order chi connectivity index (χ0) is 15.1. The highest BCUT2D eigenvalue weighted by molar-refractivity contribution is 9.10. The predicted molar refractivity (Wildman–Crippen MR) is 90.3 cm³/mol. The first kappa shape index (κ1) is 14.5. The van der Waals surface area contributed by atoms with Crippen LogP contribution in [0.5, 0.6) is 0 Å². The minimum atomic E-state index is -0.191. The summed E-state index contributed by atoms with van der Waals surface area (Å²) in [5, 5.41) is -0.191. The minimum absolute atomic E-state index is 0.191. The highest BCUT2D eigenvalue weighted by atomic mass is 79.9. The van der Waals surface area contributed by atoms with E-state index in [1.54, 1.807) is 0 Å². The second-order valence-electron chi connectivity index (χ2n) is 5.21. The summed E-state index contributed by atoms with van der Waals surface area (Å²) in [5.41, 5.74) is 4.99. The smallest absolute Gasteiger partial charge is 0.164 e. The van der Waals surface area contributed by atoms with E-state index < -0.39 is 0 Å². The normalized spacial score (nSPS) is 12.8. The van der Waals surface area contributed by atoms with Crippen molar-refractivity contribution in [2.24, 2.45) is 0 Å². The molecule has 0 saturated heterocycles. The number of halogens is 2. The number of pyridine rings is 1. The third-order valence-corrected chi connectivity index (χ3v) is 4.50. The van der Waals surface area contributed by atoms with Crippen molar-refractivity contribution in [1.29, 1.82) is 0 Å². The van der Waals surface area contributed by atoms with E-state index in [4.69, 9.17) is 11.6 Å². The Morgan fingerprint density at radius 3 is 2.67 bits per heavy atom. The van der Waals surface area contributed by atoms with Crippen molar-refractivity contribution in [2.75, 3.05) is 0 Å². The van der Waals surface area contributed by atoms with Crippen molar-refractivity contribution in [3.05, 3.63) is 51.9 Å². The third kappa shape index (κ3) is 2.58. The Morgan fingerprint density at radius 1 is 1.24 bits per heavy atom. The zero-order valence-corrected chi connectivity index (χ0v) is 14.4. The van der Waals surface area contributed by atoms with Gasteiger partial charge in [0.25, 0.3) is 0 Å². The second kappa shape index (κ2) is 5.43. The monoisotopic (exact) mass is 363 g/mol. The van der Waals surface area contributed by atoms with Crippen LogP contribution in [0.25, 0.3) is 16.9 Å². The molecule has 0 aliphatic carbocycles. The molecular weight excluding hydrogens is 350 g/mol. The van der Waals surface area contributed by atoms with Gasteiger partial charge in [0.2, 0.25) is 0 Å². The van der Waals surface area contributed by atoms with E-state index in [1.165, 1.54) is 0 Å². The van der Waals surface area contributed by atoms with Gasteiger partial charge in [-0.15, -0.1) is 11.6 Å². The molecule has 1 unspecified atom stereocenters. The van der Waals surface area contributed by atoms with E-state index in [2.05, 4.69) is 38.9 Å². The fourth-order valence-electron chi connectivity index (χ4n) is 2.37. The van der Waals surface area contributed by atoms with E-state index in [9.17, 15) is 0 Å². The Balaban J connectivity index is 2.33. The summed E-state index contributed by atoms with van der Waals surface area (Å²) in [7, 11) is 0. The van der Waals surface area contributed by atoms with E-state index in [1.807, 2.05) is 42.8 Å². The molecule has 3 nitrogen and oxygen atoms in total. The number of rotatable bonds is 2. The van der Waals surface area contributed by atoms with Crippen molar-refractivity contribution in [2.45, 2.75) is 26.1 Å². The van der Waals surface area contributed by atoms with E-state index >= 15 is 0 Å². The van der Waals surface area contributed by atoms with Gasteiger partial charge in [0.05, 0.1) is 5.38 Å². The van der Waals surface area contributed by atoms with Crippen LogP contribution in [0.4, 0.5) is 0 Å². The summed E-state index contributed by atoms with van der Waals surface area (Å²) in [5.74, 6) is 0.812. The van der Waals surface area contributed by atoms with Crippen molar-refractivity contribution in [3.8, 4) is 5.69 Å². The Labute approximate surface area is 137 Å². The van der Waals surface area contributed by atoms with Gasteiger partial charge in [0.1, 0.15) is 11.3 Å². The van der Waals surface area contributed by atoms with Crippen LogP contribution in [-0.2, 0) is 0 Å². The van der Waals surface area contributed by atoms with Gasteiger partial charge in [-0.1, -0.05) is 15.9 Å². The number of aryl methyl sites for hydroxylation is 2. The van der Waals surface area contributed by atoms with Crippen LogP contribution in [-0.4, -0.2) is 14.5 Å². The standard InChI is InChI=1S/C16H15BrClN3/c1-9-6-14-16(19-8-9)21(15(20-14)11(3)18)12-4-5-13(17)10(2)7-12/h4-8,11H,1-3H3. The van der Waals surface area contributed by atoms with Gasteiger partial charge in [0.15, 0.2) is 5.65 Å². The van der Waals surface area contributed by atoms with Crippen LogP contribution in [0.15, 0.2) is 34.9 Å². The molecule has 2 heterocycles. The summed E-state index contributed by atoms with van der Waals surface area (Å²) < 4.78 is 3.12. The summed E-state index contributed by atoms with van der Waals surface area (Å²) in [4.78, 5) is 9.20. The van der Waals surface area contributed by atoms with Crippen LogP contribution in [0.2, 0.25) is 0 Å². The molecule has 0 N–H and O–H groups in total. The first-order valence-corrected chi connectivity index (χ1v) is 7.96. The molecular formula is C16H15BrClN3. The highest BCUT2D eigenvalue weighted by Crippen LogP contribution is 2.29. The summed E-state index contributed by atoms with van der Waals surface area (Å²) in [6.45, 7) is 6.00. The van der Waals surface area contributed by atoms with E-state index in [0.29, 0.717) is 0 Å². The number of nitrogens with zero attached hydrogens (tertiary/aromatic N) is 3. The van der Waals surface area contributed by atoms with Crippen LogP contribution in [0.1, 0.15) is 29.3 Å². The van der Waals surface area contributed by atoms with Gasteiger partial charge in [-0.3, -0.25) is 4.57 Å². The van der Waals surface area contributed by atoms with Crippen molar-refractivity contribution in [3.63, 3.8) is 0 Å². The lowest BCUT2D eigenvalue weighted by Gasteiger charge is -2.11. The lowest BCUT2D eigenvalue weighted by molar-refractivity contribution is 0.876. The summed E-state index contributed by atoms with van der Waals surface area (Å²) in [6.07, 6.45) is 1.86. The average molecular weight is 365 g/mol. The second-order valence-corrected chi connectivity index (χ2v) is 6.72. The van der Waals surface area contributed by atoms with E-state index in [0.717, 1.165) is 38.3 Å². The molecule has 0 fully saturated rings. The zero-order valence-electron chi connectivity index (χ0n) is 12.1. The third-order valence-electron chi connectivity index (χ3n) is 3.42. The van der Waals surface area contributed by atoms with Gasteiger partial charge in [0, 0.05) is 16.4 Å². The van der Waals surface area contributed by atoms with Gasteiger partial charge in [-0.2, -0.15) is 0 Å². The van der Waals surface area contributed by atoms with Crippen LogP contribution in [0, 0.1) is 13.8 Å². The Hall–Kier alpha value is -1.39. The maximum Gasteiger partial charge on any atom is 0.164 e. The maximum atomic E-state index is 6.32. The fraction of sp³-hybridized carbons (Fsp3) is 0.250. The molecule has 0 bridgehead atoms. The summed E-state index contributed by atoms with van der Waals surface area (Å²) >= 11 is 9.85. The Morgan fingerprint density at radius 2 is 2.00 bits per heavy atom. The SMILES string of the molecule is Cc1cnc2c(c1)nc(C(C)Cl)n2-c1ccc(Br)c(C)c1. The Kier molecular flexibility index (Phi) is 3.76. The molecule has 3 aromatic rings. The first-order valence-electron chi connectivity index (χ1n) is 6.73. The number of imidazole rings is 1. The molecule has 0 amide bonds. The van der Waals surface area contributed by atoms with Gasteiger partial charge < -0.3 is 0 Å². The van der Waals surface area contributed by atoms with Gasteiger partial charge in [-0.05, 0) is 56.2 Å². The number of hydrogen-bond donors (Lipinski definition) is 0. The van der Waals surface area contributed by atoms with Crippen molar-refractivity contribution < 1.29 is 0 Å². The predicted octanol–water partition coefficient (Wildman–Crippen LogP) is 5.10. The molecule has 2 aromatic heterocycles. The minimum Gasteiger partial charge on any atom is -0.279 e. The number of fused-ring (bicyclic) bond motifs is 1. The number of aromatic nitrogens is 3. The molecule has 0 aliphatic rings. The molecule has 21 heavy (non-hydrogen) atoms. The molecule has 0 saturated carbocycles. The van der Waals surface area contributed by atoms with Crippen molar-refractivity contribution in [1.82, 2.24) is 14.5 Å². The molecule has 5 heteroatoms. The van der Waals surface area contributed by atoms with Gasteiger partial charge in [-0.25, -0.2) is 9.97 Å². The number of hydrogen-bond acceptors (Lipinski definition) is 2. The van der Waals surface area contributed by atoms with Gasteiger partial charge >= 0.3 is 0 Å². The quantitative estimate of drug-likeness (QED) is 0.592. The summed E-state index contributed by atoms with van der Waals surface area (Å²) in [6, 6.07) is 8.22. The molecule has 1 aromatic carbocycles. The van der Waals surface area contributed by atoms with E-state index in [-0.39, 0.29) is 5.38 Å².